The van der Waals surface area contributed by atoms with Crippen molar-refractivity contribution in [1.29, 1.82) is 0 Å². The zero-order chi connectivity index (χ0) is 18.9. The van der Waals surface area contributed by atoms with E-state index in [2.05, 4.69) is 28.0 Å². The lowest BCUT2D eigenvalue weighted by molar-refractivity contribution is 0.0351. The van der Waals surface area contributed by atoms with Crippen LogP contribution in [0.1, 0.15) is 11.1 Å². The molecule has 0 aromatic heterocycles. The van der Waals surface area contributed by atoms with E-state index in [4.69, 9.17) is 4.74 Å². The molecule has 5 nitrogen and oxygen atoms in total. The Balaban J connectivity index is 1.55. The zero-order valence-electron chi connectivity index (χ0n) is 15.6. The van der Waals surface area contributed by atoms with Gasteiger partial charge in [-0.2, -0.15) is 0 Å². The fourth-order valence-electron chi connectivity index (χ4n) is 4.36. The molecular formula is C21H26N2O3S. The van der Waals surface area contributed by atoms with Crippen LogP contribution in [0.4, 0.5) is 0 Å². The number of nitrogens with zero attached hydrogens (tertiary/aromatic N) is 2. The van der Waals surface area contributed by atoms with Gasteiger partial charge in [0.25, 0.3) is 0 Å². The third-order valence-electron chi connectivity index (χ3n) is 5.70. The van der Waals surface area contributed by atoms with E-state index >= 15 is 0 Å². The van der Waals surface area contributed by atoms with Crippen LogP contribution >= 0.6 is 0 Å². The first-order valence-corrected chi connectivity index (χ1v) is 11.2. The Morgan fingerprint density at radius 3 is 2.15 bits per heavy atom. The van der Waals surface area contributed by atoms with Gasteiger partial charge >= 0.3 is 0 Å². The number of piperazine rings is 1. The SMILES string of the molecule is COc1ccccc1CN1CCN(Cc2ccccc2)C2CS(=O)(=O)CC21. The number of rotatable bonds is 5. The summed E-state index contributed by atoms with van der Waals surface area (Å²) in [5, 5.41) is 0. The summed E-state index contributed by atoms with van der Waals surface area (Å²) in [6, 6.07) is 18.4. The van der Waals surface area contributed by atoms with E-state index in [0.29, 0.717) is 0 Å². The zero-order valence-corrected chi connectivity index (χ0v) is 16.4. The Morgan fingerprint density at radius 1 is 0.889 bits per heavy atom. The van der Waals surface area contributed by atoms with Crippen LogP contribution in [-0.4, -0.2) is 62.0 Å². The molecule has 27 heavy (non-hydrogen) atoms. The Hall–Kier alpha value is -1.89. The van der Waals surface area contributed by atoms with Crippen LogP contribution in [-0.2, 0) is 22.9 Å². The molecular weight excluding hydrogens is 360 g/mol. The van der Waals surface area contributed by atoms with Crippen molar-refractivity contribution in [3.63, 3.8) is 0 Å². The molecule has 2 unspecified atom stereocenters. The summed E-state index contributed by atoms with van der Waals surface area (Å²) in [4.78, 5) is 4.68. The van der Waals surface area contributed by atoms with Gasteiger partial charge in [0.15, 0.2) is 9.84 Å². The maximum absolute atomic E-state index is 12.4. The lowest BCUT2D eigenvalue weighted by Crippen LogP contribution is -2.58. The smallest absolute Gasteiger partial charge is 0.153 e. The predicted octanol–water partition coefficient (Wildman–Crippen LogP) is 2.18. The highest BCUT2D eigenvalue weighted by Crippen LogP contribution is 2.30. The van der Waals surface area contributed by atoms with Crippen LogP contribution in [0.5, 0.6) is 5.75 Å². The van der Waals surface area contributed by atoms with Crippen molar-refractivity contribution in [2.24, 2.45) is 0 Å². The van der Waals surface area contributed by atoms with Crippen LogP contribution in [0.3, 0.4) is 0 Å². The molecule has 0 spiro atoms. The molecule has 2 saturated heterocycles. The molecule has 2 aromatic carbocycles. The third-order valence-corrected chi connectivity index (χ3v) is 7.40. The van der Waals surface area contributed by atoms with E-state index in [1.807, 2.05) is 36.4 Å². The van der Waals surface area contributed by atoms with Gasteiger partial charge in [0.1, 0.15) is 5.75 Å². The van der Waals surface area contributed by atoms with E-state index in [0.717, 1.165) is 37.5 Å². The first kappa shape index (κ1) is 18.5. The first-order chi connectivity index (χ1) is 13.1. The van der Waals surface area contributed by atoms with Gasteiger partial charge in [-0.25, -0.2) is 8.42 Å². The van der Waals surface area contributed by atoms with Crippen molar-refractivity contribution < 1.29 is 13.2 Å². The van der Waals surface area contributed by atoms with Gasteiger partial charge in [0, 0.05) is 43.8 Å². The van der Waals surface area contributed by atoms with Crippen molar-refractivity contribution in [2.75, 3.05) is 31.7 Å². The molecule has 2 aliphatic heterocycles. The van der Waals surface area contributed by atoms with Crippen molar-refractivity contribution in [1.82, 2.24) is 9.80 Å². The molecule has 6 heteroatoms. The minimum atomic E-state index is -3.01. The molecule has 2 heterocycles. The second-order valence-corrected chi connectivity index (χ2v) is 9.60. The Morgan fingerprint density at radius 2 is 1.48 bits per heavy atom. The second kappa shape index (κ2) is 7.62. The normalized spacial score (nSPS) is 25.2. The maximum atomic E-state index is 12.4. The van der Waals surface area contributed by atoms with Crippen LogP contribution < -0.4 is 4.74 Å². The van der Waals surface area contributed by atoms with Crippen molar-refractivity contribution in [3.05, 3.63) is 65.7 Å². The number of methoxy groups -OCH3 is 1. The molecule has 0 amide bonds. The summed E-state index contributed by atoms with van der Waals surface area (Å²) in [5.41, 5.74) is 2.35. The summed E-state index contributed by atoms with van der Waals surface area (Å²) in [6.07, 6.45) is 0. The average molecular weight is 387 g/mol. The standard InChI is InChI=1S/C21H26N2O3S/c1-26-21-10-6-5-9-18(21)14-23-12-11-22(13-17-7-3-2-4-8-17)19-15-27(24,25)16-20(19)23/h2-10,19-20H,11-16H2,1H3. The van der Waals surface area contributed by atoms with Crippen molar-refractivity contribution in [2.45, 2.75) is 25.2 Å². The van der Waals surface area contributed by atoms with Gasteiger partial charge in [-0.15, -0.1) is 0 Å². The van der Waals surface area contributed by atoms with E-state index in [1.54, 1.807) is 7.11 Å². The molecule has 0 N–H and O–H groups in total. The van der Waals surface area contributed by atoms with Gasteiger partial charge in [0.2, 0.25) is 0 Å². The minimum absolute atomic E-state index is 0.0392. The molecule has 0 aliphatic carbocycles. The van der Waals surface area contributed by atoms with E-state index < -0.39 is 9.84 Å². The molecule has 2 fully saturated rings. The third kappa shape index (κ3) is 4.03. The number of hydrogen-bond acceptors (Lipinski definition) is 5. The molecule has 0 bridgehead atoms. The van der Waals surface area contributed by atoms with Gasteiger partial charge in [-0.1, -0.05) is 48.5 Å². The lowest BCUT2D eigenvalue weighted by atomic mass is 10.0. The molecule has 2 aliphatic rings. The molecule has 4 rings (SSSR count). The quantitative estimate of drug-likeness (QED) is 0.788. The molecule has 0 radical (unpaired) electrons. The fourth-order valence-corrected chi connectivity index (χ4v) is 6.40. The van der Waals surface area contributed by atoms with Crippen molar-refractivity contribution in [3.8, 4) is 5.75 Å². The van der Waals surface area contributed by atoms with E-state index in [1.165, 1.54) is 5.56 Å². The summed E-state index contributed by atoms with van der Waals surface area (Å²) in [7, 11) is -1.33. The lowest BCUT2D eigenvalue weighted by Gasteiger charge is -2.44. The number of benzene rings is 2. The highest BCUT2D eigenvalue weighted by molar-refractivity contribution is 7.91. The largest absolute Gasteiger partial charge is 0.496 e. The number of hydrogen-bond donors (Lipinski definition) is 0. The van der Waals surface area contributed by atoms with E-state index in [-0.39, 0.29) is 23.6 Å². The summed E-state index contributed by atoms with van der Waals surface area (Å²) < 4.78 is 30.4. The topological polar surface area (TPSA) is 49.9 Å². The van der Waals surface area contributed by atoms with Crippen LogP contribution in [0.25, 0.3) is 0 Å². The fraction of sp³-hybridized carbons (Fsp3) is 0.429. The molecule has 2 atom stereocenters. The maximum Gasteiger partial charge on any atom is 0.153 e. The van der Waals surface area contributed by atoms with Gasteiger partial charge in [-0.05, 0) is 11.6 Å². The van der Waals surface area contributed by atoms with Gasteiger partial charge in [-0.3, -0.25) is 9.80 Å². The average Bonchev–Trinajstić information content (AvgIpc) is 3.01. The van der Waals surface area contributed by atoms with Crippen LogP contribution in [0.2, 0.25) is 0 Å². The second-order valence-electron chi connectivity index (χ2n) is 7.45. The number of ether oxygens (including phenoxy) is 1. The van der Waals surface area contributed by atoms with Gasteiger partial charge < -0.3 is 4.74 Å². The monoisotopic (exact) mass is 386 g/mol. The van der Waals surface area contributed by atoms with E-state index in [9.17, 15) is 8.42 Å². The summed E-state index contributed by atoms with van der Waals surface area (Å²) >= 11 is 0. The first-order valence-electron chi connectivity index (χ1n) is 9.40. The summed E-state index contributed by atoms with van der Waals surface area (Å²) in [6.45, 7) is 3.27. The molecule has 0 saturated carbocycles. The van der Waals surface area contributed by atoms with Crippen LogP contribution in [0.15, 0.2) is 54.6 Å². The highest BCUT2D eigenvalue weighted by Gasteiger charge is 2.46. The minimum Gasteiger partial charge on any atom is -0.496 e. The van der Waals surface area contributed by atoms with Crippen molar-refractivity contribution >= 4 is 9.84 Å². The Labute approximate surface area is 161 Å². The molecule has 2 aromatic rings. The number of para-hydroxylation sites is 1. The molecule has 144 valence electrons. The Kier molecular flexibility index (Phi) is 5.21. The van der Waals surface area contributed by atoms with Gasteiger partial charge in [0.05, 0.1) is 18.6 Å². The Bertz CT molecular complexity index is 885. The number of fused-ring (bicyclic) bond motifs is 1. The van der Waals surface area contributed by atoms with Crippen LogP contribution in [0, 0.1) is 0 Å². The highest BCUT2D eigenvalue weighted by atomic mass is 32.2. The predicted molar refractivity (Wildman–Crippen MR) is 106 cm³/mol. The summed E-state index contributed by atoms with van der Waals surface area (Å²) in [5.74, 6) is 1.37. The number of sulfone groups is 1.